The van der Waals surface area contributed by atoms with Crippen molar-refractivity contribution in [3.05, 3.63) is 40.8 Å². The second-order valence-electron chi connectivity index (χ2n) is 5.46. The van der Waals surface area contributed by atoms with E-state index < -0.39 is 0 Å². The molecule has 2 aromatic rings. The molecule has 3 rings (SSSR count). The number of nitrogens with zero attached hydrogens (tertiary/aromatic N) is 2. The first-order chi connectivity index (χ1) is 9.97. The Morgan fingerprint density at radius 1 is 1.33 bits per heavy atom. The van der Waals surface area contributed by atoms with E-state index in [9.17, 15) is 4.79 Å². The topological polar surface area (TPSA) is 46.3 Å². The number of thioether (sulfide) groups is 1. The summed E-state index contributed by atoms with van der Waals surface area (Å²) in [5, 5.41) is 3.91. The number of fused-ring (bicyclic) bond motifs is 1. The lowest BCUT2D eigenvalue weighted by Crippen LogP contribution is -2.39. The SMILES string of the molecule is Cc1ccc2c(c1)SC(C)C(=O)N2Cc1c(C)noc1C. The van der Waals surface area contributed by atoms with Gasteiger partial charge in [0.15, 0.2) is 0 Å². The van der Waals surface area contributed by atoms with E-state index in [0.717, 1.165) is 27.6 Å². The summed E-state index contributed by atoms with van der Waals surface area (Å²) < 4.78 is 5.21. The minimum Gasteiger partial charge on any atom is -0.361 e. The Morgan fingerprint density at radius 2 is 2.10 bits per heavy atom. The third kappa shape index (κ3) is 2.46. The van der Waals surface area contributed by atoms with Gasteiger partial charge in [-0.15, -0.1) is 11.8 Å². The molecule has 1 atom stereocenters. The Morgan fingerprint density at radius 3 is 2.76 bits per heavy atom. The number of hydrogen-bond acceptors (Lipinski definition) is 4. The van der Waals surface area contributed by atoms with Crippen LogP contribution in [-0.4, -0.2) is 16.3 Å². The van der Waals surface area contributed by atoms with Crippen LogP contribution >= 0.6 is 11.8 Å². The largest absolute Gasteiger partial charge is 0.361 e. The van der Waals surface area contributed by atoms with Gasteiger partial charge in [0, 0.05) is 10.5 Å². The third-order valence-electron chi connectivity index (χ3n) is 3.82. The summed E-state index contributed by atoms with van der Waals surface area (Å²) in [4.78, 5) is 15.6. The van der Waals surface area contributed by atoms with Gasteiger partial charge in [0.1, 0.15) is 5.76 Å². The monoisotopic (exact) mass is 302 g/mol. The second kappa shape index (κ2) is 5.22. The number of benzene rings is 1. The van der Waals surface area contributed by atoms with Crippen LogP contribution in [0.3, 0.4) is 0 Å². The molecule has 21 heavy (non-hydrogen) atoms. The molecule has 0 spiro atoms. The summed E-state index contributed by atoms with van der Waals surface area (Å²) in [5.41, 5.74) is 4.03. The van der Waals surface area contributed by atoms with E-state index in [-0.39, 0.29) is 11.2 Å². The highest BCUT2D eigenvalue weighted by atomic mass is 32.2. The summed E-state index contributed by atoms with van der Waals surface area (Å²) in [7, 11) is 0. The standard InChI is InChI=1S/C16H18N2O2S/c1-9-5-6-14-15(7-9)21-12(4)16(19)18(14)8-13-10(2)17-20-11(13)3/h5-7,12H,8H2,1-4H3. The zero-order valence-corrected chi connectivity index (χ0v) is 13.5. The van der Waals surface area contributed by atoms with E-state index in [2.05, 4.69) is 18.1 Å². The van der Waals surface area contributed by atoms with Crippen molar-refractivity contribution in [2.45, 2.75) is 44.4 Å². The number of aromatic nitrogens is 1. The molecule has 0 aliphatic carbocycles. The Labute approximate surface area is 128 Å². The normalized spacial score (nSPS) is 18.0. The summed E-state index contributed by atoms with van der Waals surface area (Å²) >= 11 is 1.63. The molecule has 0 radical (unpaired) electrons. The van der Waals surface area contributed by atoms with Crippen LogP contribution in [0.2, 0.25) is 0 Å². The molecule has 1 unspecified atom stereocenters. The molecule has 0 bridgehead atoms. The van der Waals surface area contributed by atoms with Crippen LogP contribution in [0, 0.1) is 20.8 Å². The van der Waals surface area contributed by atoms with Gasteiger partial charge in [-0.2, -0.15) is 0 Å². The van der Waals surface area contributed by atoms with Crippen molar-refractivity contribution >= 4 is 23.4 Å². The molecule has 4 nitrogen and oxygen atoms in total. The van der Waals surface area contributed by atoms with Gasteiger partial charge in [-0.3, -0.25) is 4.79 Å². The molecular weight excluding hydrogens is 284 g/mol. The van der Waals surface area contributed by atoms with Crippen molar-refractivity contribution in [3.8, 4) is 0 Å². The first-order valence-electron chi connectivity index (χ1n) is 6.98. The number of anilines is 1. The summed E-state index contributed by atoms with van der Waals surface area (Å²) in [6.45, 7) is 8.34. The van der Waals surface area contributed by atoms with Crippen molar-refractivity contribution < 1.29 is 9.32 Å². The second-order valence-corrected chi connectivity index (χ2v) is 6.84. The molecule has 0 N–H and O–H groups in total. The van der Waals surface area contributed by atoms with Gasteiger partial charge in [0.05, 0.1) is 23.2 Å². The third-order valence-corrected chi connectivity index (χ3v) is 4.96. The van der Waals surface area contributed by atoms with Crippen LogP contribution in [0.4, 0.5) is 5.69 Å². The van der Waals surface area contributed by atoms with E-state index in [1.807, 2.05) is 37.8 Å². The van der Waals surface area contributed by atoms with E-state index in [1.54, 1.807) is 11.8 Å². The number of rotatable bonds is 2. The highest BCUT2D eigenvalue weighted by Crippen LogP contribution is 2.40. The molecule has 1 aliphatic heterocycles. The van der Waals surface area contributed by atoms with Crippen LogP contribution < -0.4 is 4.90 Å². The quantitative estimate of drug-likeness (QED) is 0.850. The predicted molar refractivity (Wildman–Crippen MR) is 83.7 cm³/mol. The highest BCUT2D eigenvalue weighted by Gasteiger charge is 2.31. The summed E-state index contributed by atoms with van der Waals surface area (Å²) in [6.07, 6.45) is 0. The first-order valence-corrected chi connectivity index (χ1v) is 7.85. The lowest BCUT2D eigenvalue weighted by molar-refractivity contribution is -0.118. The molecule has 0 fully saturated rings. The van der Waals surface area contributed by atoms with Crippen LogP contribution in [-0.2, 0) is 11.3 Å². The van der Waals surface area contributed by atoms with Crippen LogP contribution in [0.5, 0.6) is 0 Å². The van der Waals surface area contributed by atoms with Crippen LogP contribution in [0.15, 0.2) is 27.6 Å². The molecular formula is C16H18N2O2S. The van der Waals surface area contributed by atoms with E-state index >= 15 is 0 Å². The van der Waals surface area contributed by atoms with Crippen LogP contribution in [0.25, 0.3) is 0 Å². The van der Waals surface area contributed by atoms with Crippen molar-refractivity contribution in [2.75, 3.05) is 4.90 Å². The van der Waals surface area contributed by atoms with Gasteiger partial charge < -0.3 is 9.42 Å². The number of amides is 1. The Kier molecular flexibility index (Phi) is 3.53. The molecule has 1 aliphatic rings. The Bertz CT molecular complexity index is 689. The van der Waals surface area contributed by atoms with Gasteiger partial charge in [0.25, 0.3) is 0 Å². The average Bonchev–Trinajstić information content (AvgIpc) is 2.75. The number of carbonyl (C=O) groups is 1. The van der Waals surface area contributed by atoms with Crippen molar-refractivity contribution in [3.63, 3.8) is 0 Å². The van der Waals surface area contributed by atoms with Crippen molar-refractivity contribution in [1.82, 2.24) is 5.16 Å². The number of aryl methyl sites for hydroxylation is 3. The fourth-order valence-electron chi connectivity index (χ4n) is 2.57. The zero-order chi connectivity index (χ0) is 15.1. The minimum absolute atomic E-state index is 0.0697. The van der Waals surface area contributed by atoms with Gasteiger partial charge in [0.2, 0.25) is 5.91 Å². The van der Waals surface area contributed by atoms with E-state index in [1.165, 1.54) is 5.56 Å². The minimum atomic E-state index is -0.0697. The molecule has 0 saturated heterocycles. The number of carbonyl (C=O) groups excluding carboxylic acids is 1. The lowest BCUT2D eigenvalue weighted by Gasteiger charge is -2.32. The summed E-state index contributed by atoms with van der Waals surface area (Å²) in [6, 6.07) is 6.21. The molecule has 5 heteroatoms. The Balaban J connectivity index is 2.03. The fourth-order valence-corrected chi connectivity index (χ4v) is 3.73. The molecule has 2 heterocycles. The summed E-state index contributed by atoms with van der Waals surface area (Å²) in [5.74, 6) is 0.913. The van der Waals surface area contributed by atoms with Gasteiger partial charge in [-0.1, -0.05) is 11.2 Å². The number of hydrogen-bond donors (Lipinski definition) is 0. The van der Waals surface area contributed by atoms with Crippen molar-refractivity contribution in [1.29, 1.82) is 0 Å². The molecule has 110 valence electrons. The maximum atomic E-state index is 12.6. The van der Waals surface area contributed by atoms with Gasteiger partial charge in [-0.25, -0.2) is 0 Å². The van der Waals surface area contributed by atoms with Crippen molar-refractivity contribution in [2.24, 2.45) is 0 Å². The Hall–Kier alpha value is -1.75. The molecule has 1 aromatic heterocycles. The first kappa shape index (κ1) is 14.2. The fraction of sp³-hybridized carbons (Fsp3) is 0.375. The predicted octanol–water partition coefficient (Wildman–Crippen LogP) is 3.63. The van der Waals surface area contributed by atoms with Gasteiger partial charge in [-0.05, 0) is 45.4 Å². The average molecular weight is 302 g/mol. The van der Waals surface area contributed by atoms with E-state index in [4.69, 9.17) is 4.52 Å². The van der Waals surface area contributed by atoms with Crippen LogP contribution in [0.1, 0.15) is 29.5 Å². The zero-order valence-electron chi connectivity index (χ0n) is 12.6. The lowest BCUT2D eigenvalue weighted by atomic mass is 10.1. The maximum absolute atomic E-state index is 12.6. The highest BCUT2D eigenvalue weighted by molar-refractivity contribution is 8.01. The van der Waals surface area contributed by atoms with E-state index in [0.29, 0.717) is 6.54 Å². The maximum Gasteiger partial charge on any atom is 0.240 e. The smallest absolute Gasteiger partial charge is 0.240 e. The molecule has 1 amide bonds. The molecule has 1 aromatic carbocycles. The molecule has 0 saturated carbocycles. The van der Waals surface area contributed by atoms with Gasteiger partial charge >= 0.3 is 0 Å².